The molecule has 0 saturated heterocycles. The van der Waals surface area contributed by atoms with Crippen molar-refractivity contribution < 1.29 is 14.4 Å². The molecule has 1 aliphatic rings. The Balaban J connectivity index is 1.40. The smallest absolute Gasteiger partial charge is 0.261 e. The quantitative estimate of drug-likeness (QED) is 0.591. The van der Waals surface area contributed by atoms with Crippen LogP contribution < -0.4 is 5.32 Å². The van der Waals surface area contributed by atoms with Crippen molar-refractivity contribution >= 4 is 50.1 Å². The van der Waals surface area contributed by atoms with Gasteiger partial charge >= 0.3 is 0 Å². The molecule has 1 aliphatic heterocycles. The van der Waals surface area contributed by atoms with E-state index in [-0.39, 0.29) is 30.7 Å². The van der Waals surface area contributed by atoms with Crippen LogP contribution in [0.5, 0.6) is 0 Å². The van der Waals surface area contributed by atoms with Crippen LogP contribution in [0.3, 0.4) is 0 Å². The average Bonchev–Trinajstić information content (AvgIpc) is 3.22. The molecule has 8 heteroatoms. The lowest BCUT2D eigenvalue weighted by atomic mass is 10.1. The number of rotatable bonds is 5. The number of hydrogen-bond acceptors (Lipinski definition) is 5. The van der Waals surface area contributed by atoms with Crippen molar-refractivity contribution in [3.63, 3.8) is 0 Å². The van der Waals surface area contributed by atoms with Crippen molar-refractivity contribution in [3.05, 3.63) is 80.8 Å². The molecule has 6 nitrogen and oxygen atoms in total. The Hall–Kier alpha value is -2.84. The first-order valence-corrected chi connectivity index (χ1v) is 10.1. The van der Waals surface area contributed by atoms with Crippen molar-refractivity contribution in [1.29, 1.82) is 0 Å². The van der Waals surface area contributed by atoms with E-state index in [1.165, 1.54) is 16.2 Å². The number of carbonyl (C=O) groups excluding carboxylic acids is 3. The van der Waals surface area contributed by atoms with Crippen LogP contribution in [-0.4, -0.2) is 27.6 Å². The molecule has 3 aromatic rings. The summed E-state index contributed by atoms with van der Waals surface area (Å²) in [5, 5.41) is 3.20. The molecule has 0 bridgehead atoms. The molecule has 0 unspecified atom stereocenters. The minimum absolute atomic E-state index is 0.132. The zero-order valence-electron chi connectivity index (χ0n) is 14.5. The monoisotopic (exact) mass is 455 g/mol. The molecule has 0 spiro atoms. The molecule has 0 aliphatic carbocycles. The number of nitrogens with zero attached hydrogens (tertiary/aromatic N) is 2. The zero-order chi connectivity index (χ0) is 19.7. The minimum atomic E-state index is -0.310. The van der Waals surface area contributed by atoms with Crippen molar-refractivity contribution in [1.82, 2.24) is 9.88 Å². The first kappa shape index (κ1) is 18.5. The van der Waals surface area contributed by atoms with E-state index >= 15 is 0 Å². The van der Waals surface area contributed by atoms with Gasteiger partial charge in [0, 0.05) is 15.5 Å². The summed E-state index contributed by atoms with van der Waals surface area (Å²) in [6.07, 6.45) is 1.81. The molecule has 2 heterocycles. The van der Waals surface area contributed by atoms with Crippen molar-refractivity contribution in [2.24, 2.45) is 0 Å². The summed E-state index contributed by atoms with van der Waals surface area (Å²) in [5.74, 6) is -0.798. The Morgan fingerprint density at radius 3 is 2.32 bits per heavy atom. The zero-order valence-corrected chi connectivity index (χ0v) is 16.9. The highest BCUT2D eigenvalue weighted by molar-refractivity contribution is 9.10. The van der Waals surface area contributed by atoms with E-state index in [1.807, 2.05) is 24.3 Å². The maximum Gasteiger partial charge on any atom is 0.261 e. The van der Waals surface area contributed by atoms with E-state index < -0.39 is 0 Å². The molecule has 2 aromatic carbocycles. The third-order valence-corrected chi connectivity index (χ3v) is 5.70. The number of fused-ring (bicyclic) bond motifs is 1. The van der Waals surface area contributed by atoms with E-state index in [4.69, 9.17) is 0 Å². The first-order valence-electron chi connectivity index (χ1n) is 8.45. The minimum Gasteiger partial charge on any atom is -0.302 e. The average molecular weight is 456 g/mol. The standard InChI is InChI=1S/C20H14BrN3O3S/c21-13-7-5-12(6-8-13)9-17(25)23-20-22-10-14(28-20)11-24-18(26)15-3-1-2-4-16(15)19(24)27/h1-8,10H,9,11H2,(H,22,23,25). The van der Waals surface area contributed by atoms with E-state index in [0.717, 1.165) is 10.0 Å². The van der Waals surface area contributed by atoms with Gasteiger partial charge < -0.3 is 5.32 Å². The fraction of sp³-hybridized carbons (Fsp3) is 0.100. The number of amides is 3. The molecule has 0 saturated carbocycles. The van der Waals surface area contributed by atoms with Crippen LogP contribution in [0.2, 0.25) is 0 Å². The van der Waals surface area contributed by atoms with Crippen LogP contribution in [0.15, 0.2) is 59.2 Å². The van der Waals surface area contributed by atoms with Crippen molar-refractivity contribution in [2.75, 3.05) is 5.32 Å². The number of nitrogens with one attached hydrogen (secondary N) is 1. The molecule has 0 atom stereocenters. The number of hydrogen-bond donors (Lipinski definition) is 1. The van der Waals surface area contributed by atoms with Gasteiger partial charge in [-0.1, -0.05) is 51.5 Å². The molecule has 1 aromatic heterocycles. The number of imide groups is 1. The number of halogens is 1. The summed E-state index contributed by atoms with van der Waals surface area (Å²) in [6, 6.07) is 14.3. The summed E-state index contributed by atoms with van der Waals surface area (Å²) < 4.78 is 0.953. The van der Waals surface area contributed by atoms with Gasteiger partial charge in [0.2, 0.25) is 5.91 Å². The van der Waals surface area contributed by atoms with E-state index in [0.29, 0.717) is 21.1 Å². The highest BCUT2D eigenvalue weighted by atomic mass is 79.9. The van der Waals surface area contributed by atoms with Crippen LogP contribution in [-0.2, 0) is 17.8 Å². The van der Waals surface area contributed by atoms with Gasteiger partial charge in [0.1, 0.15) is 0 Å². The molecule has 1 N–H and O–H groups in total. The Morgan fingerprint density at radius 2 is 1.68 bits per heavy atom. The van der Waals surface area contributed by atoms with Gasteiger partial charge in [-0.3, -0.25) is 19.3 Å². The maximum atomic E-state index is 12.4. The summed E-state index contributed by atoms with van der Waals surface area (Å²) in [5.41, 5.74) is 1.73. The molecular weight excluding hydrogens is 442 g/mol. The summed E-state index contributed by atoms with van der Waals surface area (Å²) in [4.78, 5) is 43.2. The Labute approximate surface area is 173 Å². The molecule has 0 fully saturated rings. The van der Waals surface area contributed by atoms with E-state index in [9.17, 15) is 14.4 Å². The lowest BCUT2D eigenvalue weighted by Gasteiger charge is -2.11. The Morgan fingerprint density at radius 1 is 1.04 bits per heavy atom. The van der Waals surface area contributed by atoms with E-state index in [2.05, 4.69) is 26.2 Å². The number of anilines is 1. The first-order chi connectivity index (χ1) is 13.5. The summed E-state index contributed by atoms with van der Waals surface area (Å²) in [7, 11) is 0. The lowest BCUT2D eigenvalue weighted by Crippen LogP contribution is -2.28. The number of benzene rings is 2. The predicted molar refractivity (Wildman–Crippen MR) is 109 cm³/mol. The third kappa shape index (κ3) is 3.74. The van der Waals surface area contributed by atoms with Gasteiger partial charge in [-0.15, -0.1) is 0 Å². The van der Waals surface area contributed by atoms with Crippen molar-refractivity contribution in [2.45, 2.75) is 13.0 Å². The highest BCUT2D eigenvalue weighted by Crippen LogP contribution is 2.27. The number of aromatic nitrogens is 1. The van der Waals surface area contributed by atoms with Crippen molar-refractivity contribution in [3.8, 4) is 0 Å². The van der Waals surface area contributed by atoms with Gasteiger partial charge in [-0.05, 0) is 29.8 Å². The third-order valence-electron chi connectivity index (χ3n) is 4.27. The van der Waals surface area contributed by atoms with E-state index in [1.54, 1.807) is 30.5 Å². The predicted octanol–water partition coefficient (Wildman–Crippen LogP) is 3.88. The second-order valence-corrected chi connectivity index (χ2v) is 8.26. The fourth-order valence-electron chi connectivity index (χ4n) is 2.93. The van der Waals surface area contributed by atoms with Crippen LogP contribution in [0.1, 0.15) is 31.2 Å². The topological polar surface area (TPSA) is 79.4 Å². The normalized spacial score (nSPS) is 13.0. The Bertz CT molecular complexity index is 1040. The number of carbonyl (C=O) groups is 3. The molecule has 4 rings (SSSR count). The second kappa shape index (κ2) is 7.65. The van der Waals surface area contributed by atoms with Gasteiger partial charge in [0.15, 0.2) is 5.13 Å². The van der Waals surface area contributed by atoms with Crippen LogP contribution in [0.25, 0.3) is 0 Å². The molecule has 3 amide bonds. The molecule has 28 heavy (non-hydrogen) atoms. The summed E-state index contributed by atoms with van der Waals surface area (Å²) >= 11 is 4.61. The van der Waals surface area contributed by atoms with Gasteiger partial charge in [0.25, 0.3) is 11.8 Å². The van der Waals surface area contributed by atoms with Gasteiger partial charge in [0.05, 0.1) is 24.1 Å². The summed E-state index contributed by atoms with van der Waals surface area (Å²) in [6.45, 7) is 0.132. The SMILES string of the molecule is O=C(Cc1ccc(Br)cc1)Nc1ncc(CN2C(=O)c3ccccc3C2=O)s1. The molecule has 140 valence electrons. The Kier molecular flexibility index (Phi) is 5.06. The maximum absolute atomic E-state index is 12.4. The largest absolute Gasteiger partial charge is 0.302 e. The second-order valence-electron chi connectivity index (χ2n) is 6.23. The molecule has 0 radical (unpaired) electrons. The van der Waals surface area contributed by atoms with Gasteiger partial charge in [-0.25, -0.2) is 4.98 Å². The molecular formula is C20H14BrN3O3S. The lowest BCUT2D eigenvalue weighted by molar-refractivity contribution is -0.115. The van der Waals surface area contributed by atoms with Crippen LogP contribution in [0, 0.1) is 0 Å². The fourth-order valence-corrected chi connectivity index (χ4v) is 4.01. The highest BCUT2D eigenvalue weighted by Gasteiger charge is 2.35. The van der Waals surface area contributed by atoms with Gasteiger partial charge in [-0.2, -0.15) is 0 Å². The van der Waals surface area contributed by atoms with Crippen LogP contribution in [0.4, 0.5) is 5.13 Å². The number of thiazole rings is 1. The van der Waals surface area contributed by atoms with Crippen LogP contribution >= 0.6 is 27.3 Å².